The largest absolute Gasteiger partial charge is 0.356 e. The normalized spacial score (nSPS) is 26.2. The van der Waals surface area contributed by atoms with E-state index in [4.69, 9.17) is 0 Å². The minimum atomic E-state index is 0.0748. The molecule has 2 fully saturated rings. The molecule has 2 amide bonds. The van der Waals surface area contributed by atoms with Gasteiger partial charge in [-0.05, 0) is 30.7 Å². The third-order valence-electron chi connectivity index (χ3n) is 5.52. The van der Waals surface area contributed by atoms with Crippen molar-refractivity contribution < 1.29 is 9.59 Å². The van der Waals surface area contributed by atoms with E-state index >= 15 is 0 Å². The molecule has 1 aliphatic heterocycles. The second-order valence-electron chi connectivity index (χ2n) is 7.04. The quantitative estimate of drug-likeness (QED) is 0.927. The number of aromatic nitrogens is 2. The lowest BCUT2D eigenvalue weighted by Crippen LogP contribution is -2.38. The molecule has 1 aromatic carbocycles. The van der Waals surface area contributed by atoms with E-state index in [1.807, 2.05) is 42.4 Å². The van der Waals surface area contributed by atoms with Gasteiger partial charge in [0.15, 0.2) is 0 Å². The van der Waals surface area contributed by atoms with E-state index in [0.29, 0.717) is 18.3 Å². The lowest BCUT2D eigenvalue weighted by atomic mass is 9.89. The van der Waals surface area contributed by atoms with Crippen molar-refractivity contribution in [2.24, 2.45) is 11.8 Å². The molecule has 0 bridgehead atoms. The molecule has 3 atom stereocenters. The third kappa shape index (κ3) is 2.77. The van der Waals surface area contributed by atoms with Gasteiger partial charge in [0.25, 0.3) is 0 Å². The fourth-order valence-corrected chi connectivity index (χ4v) is 4.10. The molecule has 1 saturated heterocycles. The molecule has 0 radical (unpaired) electrons. The van der Waals surface area contributed by atoms with Gasteiger partial charge in [0.05, 0.1) is 5.52 Å². The van der Waals surface area contributed by atoms with Gasteiger partial charge in [-0.15, -0.1) is 0 Å². The van der Waals surface area contributed by atoms with Crippen molar-refractivity contribution in [2.45, 2.75) is 31.8 Å². The maximum absolute atomic E-state index is 12.6. The summed E-state index contributed by atoms with van der Waals surface area (Å²) < 4.78 is 1.72. The van der Waals surface area contributed by atoms with Crippen molar-refractivity contribution in [1.29, 1.82) is 0 Å². The number of carbonyl (C=O) groups excluding carboxylic acids is 2. The van der Waals surface area contributed by atoms with Gasteiger partial charge in [0.2, 0.25) is 11.8 Å². The zero-order valence-corrected chi connectivity index (χ0v) is 13.8. The van der Waals surface area contributed by atoms with Crippen LogP contribution in [0.5, 0.6) is 0 Å². The summed E-state index contributed by atoms with van der Waals surface area (Å²) in [7, 11) is 1.88. The maximum Gasteiger partial charge on any atom is 0.244 e. The molecule has 6 nitrogen and oxygen atoms in total. The molecule has 2 heterocycles. The fraction of sp³-hybridized carbons (Fsp3) is 0.500. The smallest absolute Gasteiger partial charge is 0.244 e. The molecule has 1 saturated carbocycles. The first kappa shape index (κ1) is 15.2. The van der Waals surface area contributed by atoms with Crippen molar-refractivity contribution >= 4 is 22.7 Å². The number of hydrogen-bond donors (Lipinski definition) is 1. The Balaban J connectivity index is 1.41. The van der Waals surface area contributed by atoms with E-state index in [1.54, 1.807) is 4.68 Å². The van der Waals surface area contributed by atoms with Gasteiger partial charge in [0, 0.05) is 37.6 Å². The zero-order chi connectivity index (χ0) is 16.7. The van der Waals surface area contributed by atoms with Crippen LogP contribution in [0.1, 0.15) is 19.3 Å². The van der Waals surface area contributed by atoms with E-state index in [0.717, 1.165) is 30.3 Å². The van der Waals surface area contributed by atoms with Crippen LogP contribution in [0, 0.1) is 11.8 Å². The number of piperidine rings is 1. The number of rotatable bonds is 3. The Labute approximate surface area is 140 Å². The van der Waals surface area contributed by atoms with Crippen LogP contribution in [0.2, 0.25) is 0 Å². The minimum Gasteiger partial charge on any atom is -0.356 e. The van der Waals surface area contributed by atoms with Crippen molar-refractivity contribution in [3.8, 4) is 0 Å². The number of amides is 2. The highest BCUT2D eigenvalue weighted by atomic mass is 16.2. The first-order valence-corrected chi connectivity index (χ1v) is 8.54. The first-order valence-electron chi connectivity index (χ1n) is 8.54. The van der Waals surface area contributed by atoms with Crippen LogP contribution in [0.4, 0.5) is 0 Å². The number of nitrogens with one attached hydrogen (secondary N) is 1. The summed E-state index contributed by atoms with van der Waals surface area (Å²) in [5.41, 5.74) is 0.907. The second kappa shape index (κ2) is 5.92. The van der Waals surface area contributed by atoms with Crippen LogP contribution in [0.3, 0.4) is 0 Å². The first-order chi connectivity index (χ1) is 11.6. The molecule has 126 valence electrons. The van der Waals surface area contributed by atoms with Crippen LogP contribution < -0.4 is 5.32 Å². The SMILES string of the molecule is CN(C(=O)Cn1cc2ccccc2n1)[C@H]1C[C@H]2CC(=O)NC[C@H]2C1. The Morgan fingerprint density at radius 1 is 1.33 bits per heavy atom. The molecule has 1 aromatic heterocycles. The summed E-state index contributed by atoms with van der Waals surface area (Å²) in [5, 5.41) is 8.44. The highest BCUT2D eigenvalue weighted by Gasteiger charge is 2.40. The lowest BCUT2D eigenvalue weighted by molar-refractivity contribution is -0.132. The molecule has 24 heavy (non-hydrogen) atoms. The summed E-state index contributed by atoms with van der Waals surface area (Å²) >= 11 is 0. The Morgan fingerprint density at radius 2 is 2.12 bits per heavy atom. The second-order valence-corrected chi connectivity index (χ2v) is 7.04. The Bertz CT molecular complexity index is 751. The van der Waals surface area contributed by atoms with Gasteiger partial charge < -0.3 is 10.2 Å². The highest BCUT2D eigenvalue weighted by molar-refractivity contribution is 5.80. The maximum atomic E-state index is 12.6. The van der Waals surface area contributed by atoms with E-state index in [-0.39, 0.29) is 24.4 Å². The van der Waals surface area contributed by atoms with Crippen LogP contribution in [-0.2, 0) is 16.1 Å². The Hall–Kier alpha value is -2.37. The van der Waals surface area contributed by atoms with E-state index in [9.17, 15) is 9.59 Å². The van der Waals surface area contributed by atoms with Gasteiger partial charge in [-0.1, -0.05) is 18.2 Å². The van der Waals surface area contributed by atoms with Gasteiger partial charge in [-0.2, -0.15) is 5.10 Å². The topological polar surface area (TPSA) is 67.2 Å². The predicted molar refractivity (Wildman–Crippen MR) is 90.1 cm³/mol. The highest BCUT2D eigenvalue weighted by Crippen LogP contribution is 2.38. The molecule has 0 spiro atoms. The summed E-state index contributed by atoms with van der Waals surface area (Å²) in [6, 6.07) is 8.09. The van der Waals surface area contributed by atoms with Gasteiger partial charge >= 0.3 is 0 Å². The van der Waals surface area contributed by atoms with Crippen LogP contribution in [-0.4, -0.2) is 46.1 Å². The lowest BCUT2D eigenvalue weighted by Gasteiger charge is -2.24. The number of hydrogen-bond acceptors (Lipinski definition) is 3. The van der Waals surface area contributed by atoms with E-state index < -0.39 is 0 Å². The van der Waals surface area contributed by atoms with Gasteiger partial charge in [-0.3, -0.25) is 14.3 Å². The Morgan fingerprint density at radius 3 is 2.96 bits per heavy atom. The van der Waals surface area contributed by atoms with Crippen molar-refractivity contribution in [3.05, 3.63) is 30.5 Å². The third-order valence-corrected chi connectivity index (χ3v) is 5.52. The Kier molecular flexibility index (Phi) is 3.75. The van der Waals surface area contributed by atoms with Gasteiger partial charge in [-0.25, -0.2) is 0 Å². The number of fused-ring (bicyclic) bond motifs is 2. The molecule has 2 aromatic rings. The molecular weight excluding hydrogens is 304 g/mol. The molecule has 1 aliphatic carbocycles. The van der Waals surface area contributed by atoms with Crippen LogP contribution in [0.15, 0.2) is 30.5 Å². The molecule has 1 N–H and O–H groups in total. The fourth-order valence-electron chi connectivity index (χ4n) is 4.10. The predicted octanol–water partition coefficient (Wildman–Crippen LogP) is 1.41. The summed E-state index contributed by atoms with van der Waals surface area (Å²) in [5.74, 6) is 1.15. The van der Waals surface area contributed by atoms with E-state index in [1.165, 1.54) is 0 Å². The summed E-state index contributed by atoms with van der Waals surface area (Å²) in [6.07, 6.45) is 4.43. The molecular formula is C18H22N4O2. The number of nitrogens with zero attached hydrogens (tertiary/aromatic N) is 3. The van der Waals surface area contributed by atoms with Crippen molar-refractivity contribution in [1.82, 2.24) is 20.0 Å². The summed E-state index contributed by atoms with van der Waals surface area (Å²) in [6.45, 7) is 1.01. The minimum absolute atomic E-state index is 0.0748. The van der Waals surface area contributed by atoms with Crippen LogP contribution in [0.25, 0.3) is 10.9 Å². The standard InChI is InChI=1S/C18H22N4O2/c1-21(15-6-13-8-17(23)19-9-14(13)7-15)18(24)11-22-10-12-4-2-3-5-16(12)20-22/h2-5,10,13-15H,6-9,11H2,1H3,(H,19,23)/t13-,14+,15-/m0/s1. The number of carbonyl (C=O) groups is 2. The van der Waals surface area contributed by atoms with Crippen molar-refractivity contribution in [3.63, 3.8) is 0 Å². The number of likely N-dealkylation sites (N-methyl/N-ethyl adjacent to an activating group) is 1. The molecule has 4 rings (SSSR count). The average molecular weight is 326 g/mol. The summed E-state index contributed by atoms with van der Waals surface area (Å²) in [4.78, 5) is 26.0. The van der Waals surface area contributed by atoms with E-state index in [2.05, 4.69) is 10.4 Å². The monoisotopic (exact) mass is 326 g/mol. The molecule has 6 heteroatoms. The van der Waals surface area contributed by atoms with Crippen LogP contribution >= 0.6 is 0 Å². The molecule has 2 aliphatic rings. The zero-order valence-electron chi connectivity index (χ0n) is 13.8. The van der Waals surface area contributed by atoms with Gasteiger partial charge in [0.1, 0.15) is 6.54 Å². The molecule has 0 unspecified atom stereocenters. The van der Waals surface area contributed by atoms with Crippen molar-refractivity contribution in [2.75, 3.05) is 13.6 Å². The number of benzene rings is 1. The average Bonchev–Trinajstić information content (AvgIpc) is 3.16.